The molecule has 0 unspecified atom stereocenters. The number of phenolic OH excluding ortho intramolecular Hbond substituents is 1. The van der Waals surface area contributed by atoms with E-state index in [0.29, 0.717) is 6.04 Å². The number of nitrogens with one attached hydrogen (secondary N) is 1. The summed E-state index contributed by atoms with van der Waals surface area (Å²) in [5.74, 6) is 1.10. The first kappa shape index (κ1) is 23.0. The molecule has 1 aromatic carbocycles. The van der Waals surface area contributed by atoms with Gasteiger partial charge >= 0.3 is 0 Å². The maximum atomic E-state index is 9.45. The predicted octanol–water partition coefficient (Wildman–Crippen LogP) is 4.20. The van der Waals surface area contributed by atoms with E-state index in [9.17, 15) is 5.11 Å². The number of aromatic hydroxyl groups is 1. The Hall–Kier alpha value is -2.64. The van der Waals surface area contributed by atoms with E-state index in [1.54, 1.807) is 16.8 Å². The van der Waals surface area contributed by atoms with Crippen molar-refractivity contribution >= 4 is 18.2 Å². The average Bonchev–Trinajstić information content (AvgIpc) is 3.16. The minimum Gasteiger partial charge on any atom is -0.508 e. The molecule has 166 valence electrons. The van der Waals surface area contributed by atoms with Crippen LogP contribution in [-0.2, 0) is 0 Å². The molecule has 0 saturated carbocycles. The minimum absolute atomic E-state index is 0. The monoisotopic (exact) mass is 442 g/mol. The lowest BCUT2D eigenvalue weighted by Crippen LogP contribution is -2.62. The molecule has 1 fully saturated rings. The van der Waals surface area contributed by atoms with Crippen molar-refractivity contribution in [1.29, 1.82) is 0 Å². The highest BCUT2D eigenvalue weighted by molar-refractivity contribution is 5.85. The predicted molar refractivity (Wildman–Crippen MR) is 126 cm³/mol. The zero-order valence-electron chi connectivity index (χ0n) is 18.7. The van der Waals surface area contributed by atoms with E-state index < -0.39 is 0 Å². The third-order valence-corrected chi connectivity index (χ3v) is 5.69. The van der Waals surface area contributed by atoms with Gasteiger partial charge < -0.3 is 15.3 Å². The number of aromatic nitrogens is 4. The summed E-state index contributed by atoms with van der Waals surface area (Å²) >= 11 is 0. The number of nitrogens with zero attached hydrogens (tertiary/aromatic N) is 5. The van der Waals surface area contributed by atoms with E-state index >= 15 is 0 Å². The van der Waals surface area contributed by atoms with Crippen LogP contribution < -0.4 is 10.2 Å². The molecule has 0 atom stereocenters. The fourth-order valence-electron chi connectivity index (χ4n) is 4.59. The first-order valence-corrected chi connectivity index (χ1v) is 10.3. The van der Waals surface area contributed by atoms with Gasteiger partial charge in [0, 0.05) is 30.4 Å². The van der Waals surface area contributed by atoms with Crippen LogP contribution >= 0.6 is 12.4 Å². The number of hydrogen-bond donors (Lipinski definition) is 2. The van der Waals surface area contributed by atoms with Gasteiger partial charge in [0.15, 0.2) is 5.82 Å². The van der Waals surface area contributed by atoms with Crippen LogP contribution in [0.25, 0.3) is 17.1 Å². The van der Waals surface area contributed by atoms with E-state index in [4.69, 9.17) is 0 Å². The molecule has 0 amide bonds. The molecule has 1 aliphatic heterocycles. The number of phenols is 1. The Labute approximate surface area is 189 Å². The van der Waals surface area contributed by atoms with Crippen LogP contribution in [0.3, 0.4) is 0 Å². The molecular formula is C23H31ClN6O. The largest absolute Gasteiger partial charge is 0.508 e. The van der Waals surface area contributed by atoms with Crippen LogP contribution in [0.5, 0.6) is 5.75 Å². The van der Waals surface area contributed by atoms with Crippen molar-refractivity contribution in [3.8, 4) is 22.8 Å². The van der Waals surface area contributed by atoms with E-state index in [-0.39, 0.29) is 29.2 Å². The molecule has 1 aliphatic rings. The number of hydrogen-bond acceptors (Lipinski definition) is 6. The summed E-state index contributed by atoms with van der Waals surface area (Å²) in [5, 5.41) is 26.7. The van der Waals surface area contributed by atoms with Crippen molar-refractivity contribution in [2.24, 2.45) is 0 Å². The Morgan fingerprint density at radius 3 is 2.16 bits per heavy atom. The number of piperidine rings is 1. The Kier molecular flexibility index (Phi) is 6.30. The fourth-order valence-corrected chi connectivity index (χ4v) is 4.59. The van der Waals surface area contributed by atoms with Crippen LogP contribution in [0.4, 0.5) is 5.82 Å². The Morgan fingerprint density at radius 1 is 0.935 bits per heavy atom. The van der Waals surface area contributed by atoms with Gasteiger partial charge in [-0.15, -0.1) is 22.6 Å². The van der Waals surface area contributed by atoms with Gasteiger partial charge in [0.25, 0.3) is 0 Å². The molecule has 31 heavy (non-hydrogen) atoms. The second kappa shape index (κ2) is 8.48. The molecular weight excluding hydrogens is 412 g/mol. The lowest BCUT2D eigenvalue weighted by molar-refractivity contribution is 0.160. The van der Waals surface area contributed by atoms with Gasteiger partial charge in [0.1, 0.15) is 17.1 Å². The van der Waals surface area contributed by atoms with Crippen LogP contribution in [0.2, 0.25) is 0 Å². The highest BCUT2D eigenvalue weighted by atomic mass is 35.5. The summed E-state index contributed by atoms with van der Waals surface area (Å²) in [6.45, 7) is 9.03. The maximum absolute atomic E-state index is 9.45. The number of benzene rings is 1. The number of halogens is 1. The zero-order valence-corrected chi connectivity index (χ0v) is 19.5. The van der Waals surface area contributed by atoms with Crippen LogP contribution in [0, 0.1) is 0 Å². The van der Waals surface area contributed by atoms with Gasteiger partial charge in [0.2, 0.25) is 0 Å². The Balaban J connectivity index is 0.00000272. The molecule has 2 aromatic heterocycles. The maximum Gasteiger partial charge on any atom is 0.151 e. The van der Waals surface area contributed by atoms with Gasteiger partial charge in [-0.25, -0.2) is 4.68 Å². The molecule has 2 N–H and O–H groups in total. The molecule has 4 rings (SSSR count). The highest BCUT2D eigenvalue weighted by Crippen LogP contribution is 2.32. The average molecular weight is 443 g/mol. The highest BCUT2D eigenvalue weighted by Gasteiger charge is 2.39. The second-order valence-corrected chi connectivity index (χ2v) is 9.50. The smallest absolute Gasteiger partial charge is 0.151 e. The minimum atomic E-state index is 0. The standard InChI is InChI=1S/C23H30N6O.ClH/c1-22(2)14-17(15-23(3,4)27-22)28(5)21-11-10-19(24-25-21)20-12-13-29(26-20)16-6-8-18(30)9-7-16;/h6-13,17,27,30H,14-15H2,1-5H3;1H. The lowest BCUT2D eigenvalue weighted by atomic mass is 9.79. The van der Waals surface area contributed by atoms with Crippen molar-refractivity contribution in [3.63, 3.8) is 0 Å². The SMILES string of the molecule is CN(c1ccc(-c2ccn(-c3ccc(O)cc3)n2)nn1)C1CC(C)(C)NC(C)(C)C1.Cl. The van der Waals surface area contributed by atoms with Gasteiger partial charge in [-0.1, -0.05) is 0 Å². The molecule has 0 aliphatic carbocycles. The van der Waals surface area contributed by atoms with Crippen molar-refractivity contribution < 1.29 is 5.11 Å². The van der Waals surface area contributed by atoms with E-state index in [2.05, 4.69) is 60.3 Å². The first-order valence-electron chi connectivity index (χ1n) is 10.3. The molecule has 0 radical (unpaired) electrons. The van der Waals surface area contributed by atoms with Crippen molar-refractivity contribution in [1.82, 2.24) is 25.3 Å². The third-order valence-electron chi connectivity index (χ3n) is 5.69. The van der Waals surface area contributed by atoms with Crippen molar-refractivity contribution in [2.75, 3.05) is 11.9 Å². The van der Waals surface area contributed by atoms with Crippen LogP contribution in [0.1, 0.15) is 40.5 Å². The van der Waals surface area contributed by atoms with Gasteiger partial charge in [-0.3, -0.25) is 0 Å². The summed E-state index contributed by atoms with van der Waals surface area (Å²) in [7, 11) is 2.10. The summed E-state index contributed by atoms with van der Waals surface area (Å²) in [6.07, 6.45) is 3.98. The van der Waals surface area contributed by atoms with Crippen molar-refractivity contribution in [2.45, 2.75) is 57.7 Å². The van der Waals surface area contributed by atoms with E-state index in [0.717, 1.165) is 35.7 Å². The first-order chi connectivity index (χ1) is 14.1. The summed E-state index contributed by atoms with van der Waals surface area (Å²) in [6, 6.07) is 13.2. The quantitative estimate of drug-likeness (QED) is 0.630. The topological polar surface area (TPSA) is 79.1 Å². The van der Waals surface area contributed by atoms with Gasteiger partial charge in [-0.2, -0.15) is 5.10 Å². The third kappa shape index (κ3) is 5.17. The van der Waals surface area contributed by atoms with E-state index in [1.807, 2.05) is 36.5 Å². The van der Waals surface area contributed by atoms with E-state index in [1.165, 1.54) is 0 Å². The van der Waals surface area contributed by atoms with Crippen LogP contribution in [0.15, 0.2) is 48.7 Å². The Bertz CT molecular complexity index is 997. The lowest BCUT2D eigenvalue weighted by Gasteiger charge is -2.49. The number of anilines is 1. The molecule has 0 spiro atoms. The molecule has 7 nitrogen and oxygen atoms in total. The normalized spacial score (nSPS) is 17.7. The number of rotatable bonds is 4. The van der Waals surface area contributed by atoms with Gasteiger partial charge in [0.05, 0.1) is 5.69 Å². The molecule has 3 heterocycles. The fraction of sp³-hybridized carbons (Fsp3) is 0.435. The zero-order chi connectivity index (χ0) is 21.5. The van der Waals surface area contributed by atoms with Gasteiger partial charge in [-0.05, 0) is 83.0 Å². The molecule has 8 heteroatoms. The summed E-state index contributed by atoms with van der Waals surface area (Å²) in [4.78, 5) is 2.25. The van der Waals surface area contributed by atoms with Crippen LogP contribution in [-0.4, -0.2) is 49.3 Å². The van der Waals surface area contributed by atoms with Crippen molar-refractivity contribution in [3.05, 3.63) is 48.7 Å². The second-order valence-electron chi connectivity index (χ2n) is 9.50. The molecule has 0 bridgehead atoms. The molecule has 3 aromatic rings. The Morgan fingerprint density at radius 2 is 1.58 bits per heavy atom. The summed E-state index contributed by atoms with van der Waals surface area (Å²) in [5.41, 5.74) is 2.52. The molecule has 1 saturated heterocycles. The summed E-state index contributed by atoms with van der Waals surface area (Å²) < 4.78 is 1.76.